The van der Waals surface area contributed by atoms with Crippen molar-refractivity contribution in [1.29, 1.82) is 0 Å². The van der Waals surface area contributed by atoms with E-state index < -0.39 is 13.9 Å². The summed E-state index contributed by atoms with van der Waals surface area (Å²) in [5.41, 5.74) is -0.519. The van der Waals surface area contributed by atoms with Crippen LogP contribution in [0.2, 0.25) is 19.6 Å². The van der Waals surface area contributed by atoms with Crippen molar-refractivity contribution in [3.8, 4) is 0 Å². The number of hydrogen-bond acceptors (Lipinski definition) is 4. The number of ether oxygens (including phenoxy) is 1. The molecule has 0 radical (unpaired) electrons. The standard InChI is InChI=1S/C13H27NO4Si/c1-13(2,3)17-12(16)14-8-11(7-10(14)9-15)18-19(4,5)6/h10-11,15H,7-9H2,1-6H3. The van der Waals surface area contributed by atoms with Gasteiger partial charge in [-0.1, -0.05) is 0 Å². The van der Waals surface area contributed by atoms with Gasteiger partial charge in [0.05, 0.1) is 18.8 Å². The van der Waals surface area contributed by atoms with Gasteiger partial charge in [-0.05, 0) is 46.8 Å². The van der Waals surface area contributed by atoms with Crippen molar-refractivity contribution in [3.63, 3.8) is 0 Å². The first-order valence-corrected chi connectivity index (χ1v) is 10.2. The summed E-state index contributed by atoms with van der Waals surface area (Å²) in [5.74, 6) is 0. The highest BCUT2D eigenvalue weighted by molar-refractivity contribution is 6.69. The molecule has 1 aliphatic rings. The van der Waals surface area contributed by atoms with Gasteiger partial charge in [-0.25, -0.2) is 4.79 Å². The minimum Gasteiger partial charge on any atom is -0.444 e. The predicted octanol–water partition coefficient (Wildman–Crippen LogP) is 2.21. The van der Waals surface area contributed by atoms with E-state index in [9.17, 15) is 9.90 Å². The van der Waals surface area contributed by atoms with Crippen LogP contribution >= 0.6 is 0 Å². The second-order valence-corrected chi connectivity index (χ2v) is 11.5. The molecule has 0 aliphatic carbocycles. The molecule has 6 heteroatoms. The normalized spacial score (nSPS) is 24.7. The first-order valence-electron chi connectivity index (χ1n) is 6.80. The summed E-state index contributed by atoms with van der Waals surface area (Å²) in [6.07, 6.45) is 0.324. The van der Waals surface area contributed by atoms with Crippen molar-refractivity contribution >= 4 is 14.4 Å². The Labute approximate surface area is 117 Å². The number of aliphatic hydroxyl groups is 1. The Morgan fingerprint density at radius 1 is 1.37 bits per heavy atom. The quantitative estimate of drug-likeness (QED) is 0.809. The molecule has 2 unspecified atom stereocenters. The molecule has 0 saturated carbocycles. The SMILES string of the molecule is CC(C)(C)OC(=O)N1CC(O[Si](C)(C)C)CC1CO. The maximum absolute atomic E-state index is 12.1. The van der Waals surface area contributed by atoms with Gasteiger partial charge in [0.15, 0.2) is 8.32 Å². The average molecular weight is 289 g/mol. The van der Waals surface area contributed by atoms with Crippen LogP contribution in [-0.2, 0) is 9.16 Å². The van der Waals surface area contributed by atoms with E-state index in [1.54, 1.807) is 4.90 Å². The maximum atomic E-state index is 12.1. The highest BCUT2D eigenvalue weighted by Crippen LogP contribution is 2.25. The third kappa shape index (κ3) is 5.50. The Hall–Kier alpha value is -0.593. The summed E-state index contributed by atoms with van der Waals surface area (Å²) in [6, 6.07) is -0.198. The molecule has 5 nitrogen and oxygen atoms in total. The molecule has 19 heavy (non-hydrogen) atoms. The number of nitrogens with zero attached hydrogens (tertiary/aromatic N) is 1. The fraction of sp³-hybridized carbons (Fsp3) is 0.923. The molecule has 1 heterocycles. The lowest BCUT2D eigenvalue weighted by atomic mass is 10.2. The number of hydrogen-bond donors (Lipinski definition) is 1. The average Bonchev–Trinajstić information content (AvgIpc) is 2.55. The summed E-state index contributed by atoms with van der Waals surface area (Å²) in [4.78, 5) is 13.7. The lowest BCUT2D eigenvalue weighted by Gasteiger charge is -2.27. The van der Waals surface area contributed by atoms with E-state index in [1.165, 1.54) is 0 Å². The van der Waals surface area contributed by atoms with E-state index >= 15 is 0 Å². The summed E-state index contributed by atoms with van der Waals surface area (Å²) < 4.78 is 11.4. The van der Waals surface area contributed by atoms with Gasteiger partial charge >= 0.3 is 6.09 Å². The minimum atomic E-state index is -1.64. The number of likely N-dealkylation sites (tertiary alicyclic amines) is 1. The van der Waals surface area contributed by atoms with Crippen LogP contribution in [0.5, 0.6) is 0 Å². The van der Waals surface area contributed by atoms with E-state index in [4.69, 9.17) is 9.16 Å². The highest BCUT2D eigenvalue weighted by atomic mass is 28.4. The number of aliphatic hydroxyl groups excluding tert-OH is 1. The Kier molecular flexibility index (Phi) is 5.03. The number of rotatable bonds is 3. The molecule has 0 aromatic rings. The Balaban J connectivity index is 2.65. The Bertz CT molecular complexity index is 322. The van der Waals surface area contributed by atoms with Crippen LogP contribution in [0.3, 0.4) is 0 Å². The van der Waals surface area contributed by atoms with Crippen molar-refractivity contribution in [3.05, 3.63) is 0 Å². The number of carbonyl (C=O) groups is 1. The zero-order valence-electron chi connectivity index (χ0n) is 12.9. The van der Waals surface area contributed by atoms with Gasteiger partial charge in [0.1, 0.15) is 5.60 Å². The molecule has 0 aromatic heterocycles. The molecular weight excluding hydrogens is 262 g/mol. The third-order valence-electron chi connectivity index (χ3n) is 2.74. The molecule has 0 aromatic carbocycles. The monoisotopic (exact) mass is 289 g/mol. The molecular formula is C13H27NO4Si. The third-order valence-corrected chi connectivity index (χ3v) is 3.78. The zero-order valence-corrected chi connectivity index (χ0v) is 13.9. The van der Waals surface area contributed by atoms with Crippen molar-refractivity contribution < 1.29 is 19.1 Å². The molecule has 1 rings (SSSR count). The summed E-state index contributed by atoms with van der Waals surface area (Å²) >= 11 is 0. The van der Waals surface area contributed by atoms with Gasteiger partial charge in [0.2, 0.25) is 0 Å². The van der Waals surface area contributed by atoms with Gasteiger partial charge in [-0.15, -0.1) is 0 Å². The van der Waals surface area contributed by atoms with Crippen LogP contribution in [0.15, 0.2) is 0 Å². The van der Waals surface area contributed by atoms with E-state index in [0.29, 0.717) is 13.0 Å². The van der Waals surface area contributed by atoms with E-state index in [-0.39, 0.29) is 24.8 Å². The van der Waals surface area contributed by atoms with Crippen molar-refractivity contribution in [1.82, 2.24) is 4.90 Å². The second-order valence-electron chi connectivity index (χ2n) is 7.06. The molecule has 1 amide bonds. The summed E-state index contributed by atoms with van der Waals surface area (Å²) in [5, 5.41) is 9.41. The van der Waals surface area contributed by atoms with Gasteiger partial charge in [0.25, 0.3) is 0 Å². The van der Waals surface area contributed by atoms with Gasteiger partial charge in [-0.3, -0.25) is 0 Å². The molecule has 0 bridgehead atoms. The van der Waals surface area contributed by atoms with Crippen molar-refractivity contribution in [2.24, 2.45) is 0 Å². The maximum Gasteiger partial charge on any atom is 0.410 e. The number of carbonyl (C=O) groups excluding carboxylic acids is 1. The van der Waals surface area contributed by atoms with Crippen molar-refractivity contribution in [2.75, 3.05) is 13.2 Å². The van der Waals surface area contributed by atoms with Gasteiger partial charge < -0.3 is 19.2 Å². The molecule has 112 valence electrons. The lowest BCUT2D eigenvalue weighted by molar-refractivity contribution is 0.0165. The van der Waals surface area contributed by atoms with Gasteiger partial charge in [0, 0.05) is 6.54 Å². The van der Waals surface area contributed by atoms with Crippen LogP contribution in [0, 0.1) is 0 Å². The molecule has 1 saturated heterocycles. The van der Waals surface area contributed by atoms with E-state index in [0.717, 1.165) is 0 Å². The van der Waals surface area contributed by atoms with Crippen LogP contribution in [0.4, 0.5) is 4.79 Å². The molecule has 1 N–H and O–H groups in total. The first kappa shape index (κ1) is 16.5. The van der Waals surface area contributed by atoms with Crippen LogP contribution in [0.25, 0.3) is 0 Å². The van der Waals surface area contributed by atoms with Crippen LogP contribution < -0.4 is 0 Å². The smallest absolute Gasteiger partial charge is 0.410 e. The first-order chi connectivity index (χ1) is 8.52. The summed E-state index contributed by atoms with van der Waals surface area (Å²) in [6.45, 7) is 12.3. The molecule has 0 spiro atoms. The summed E-state index contributed by atoms with van der Waals surface area (Å²) in [7, 11) is -1.64. The Morgan fingerprint density at radius 3 is 2.37 bits per heavy atom. The fourth-order valence-corrected chi connectivity index (χ4v) is 3.35. The minimum absolute atomic E-state index is 0.0105. The fourth-order valence-electron chi connectivity index (χ4n) is 2.18. The molecule has 2 atom stereocenters. The molecule has 1 fully saturated rings. The lowest BCUT2D eigenvalue weighted by Crippen LogP contribution is -2.42. The van der Waals surface area contributed by atoms with Crippen molar-refractivity contribution in [2.45, 2.75) is 64.6 Å². The zero-order chi connectivity index (χ0) is 14.8. The predicted molar refractivity (Wildman–Crippen MR) is 76.6 cm³/mol. The molecule has 1 aliphatic heterocycles. The largest absolute Gasteiger partial charge is 0.444 e. The highest BCUT2D eigenvalue weighted by Gasteiger charge is 2.39. The van der Waals surface area contributed by atoms with Crippen LogP contribution in [-0.4, -0.2) is 55.3 Å². The topological polar surface area (TPSA) is 59.0 Å². The number of amides is 1. The Morgan fingerprint density at radius 2 is 1.95 bits per heavy atom. The van der Waals surface area contributed by atoms with E-state index in [1.807, 2.05) is 20.8 Å². The van der Waals surface area contributed by atoms with Gasteiger partial charge in [-0.2, -0.15) is 0 Å². The van der Waals surface area contributed by atoms with E-state index in [2.05, 4.69) is 19.6 Å². The second kappa shape index (κ2) is 5.81. The van der Waals surface area contributed by atoms with Crippen LogP contribution in [0.1, 0.15) is 27.2 Å².